The van der Waals surface area contributed by atoms with E-state index in [1.165, 1.54) is 19.4 Å². The van der Waals surface area contributed by atoms with Crippen LogP contribution in [0.2, 0.25) is 0 Å². The summed E-state index contributed by atoms with van der Waals surface area (Å²) < 4.78 is 0. The van der Waals surface area contributed by atoms with Crippen LogP contribution in [0.4, 0.5) is 0 Å². The van der Waals surface area contributed by atoms with Gasteiger partial charge in [0.1, 0.15) is 30.2 Å². The highest BCUT2D eigenvalue weighted by Gasteiger charge is 2.34. The van der Waals surface area contributed by atoms with Crippen LogP contribution in [0.5, 0.6) is 0 Å². The summed E-state index contributed by atoms with van der Waals surface area (Å²) in [6, 6.07) is 1.10. The number of carbonyl (C=O) groups is 6. The number of fused-ring (bicyclic) bond motifs is 1. The Labute approximate surface area is 319 Å². The van der Waals surface area contributed by atoms with Crippen molar-refractivity contribution in [2.75, 3.05) is 18.6 Å². The lowest BCUT2D eigenvalue weighted by Crippen LogP contribution is -2.60. The number of unbranched alkanes of at least 4 members (excludes halogenated alkanes) is 1. The normalized spacial score (nSPS) is 14.6. The Bertz CT molecular complexity index is 1700. The predicted octanol–water partition coefficient (Wildman–Crippen LogP) is -0.529. The maximum Gasteiger partial charge on any atom is 0.243 e. The molecular formula is C36H55N11O6S. The summed E-state index contributed by atoms with van der Waals surface area (Å²) in [5.41, 5.74) is 19.2. The number of rotatable bonds is 23. The monoisotopic (exact) mass is 769 g/mol. The van der Waals surface area contributed by atoms with E-state index in [4.69, 9.17) is 17.2 Å². The van der Waals surface area contributed by atoms with Gasteiger partial charge in [-0.1, -0.05) is 32.0 Å². The zero-order valence-corrected chi connectivity index (χ0v) is 32.1. The molecule has 54 heavy (non-hydrogen) atoms. The van der Waals surface area contributed by atoms with Crippen LogP contribution in [-0.2, 0) is 41.6 Å². The summed E-state index contributed by atoms with van der Waals surface area (Å²) in [6.07, 6.45) is 8.26. The van der Waals surface area contributed by atoms with Gasteiger partial charge in [-0.3, -0.25) is 28.8 Å². The zero-order valence-electron chi connectivity index (χ0n) is 31.3. The molecule has 1 aromatic carbocycles. The summed E-state index contributed by atoms with van der Waals surface area (Å²) in [5, 5.41) is 14.4. The fourth-order valence-corrected chi connectivity index (χ4v) is 6.17. The number of imidazole rings is 1. The molecule has 0 saturated heterocycles. The first-order chi connectivity index (χ1) is 25.7. The van der Waals surface area contributed by atoms with Crippen molar-refractivity contribution in [1.82, 2.24) is 41.5 Å². The third kappa shape index (κ3) is 13.2. The highest BCUT2D eigenvalue weighted by atomic mass is 32.2. The number of benzene rings is 1. The highest BCUT2D eigenvalue weighted by Crippen LogP contribution is 2.20. The lowest BCUT2D eigenvalue weighted by molar-refractivity contribution is -0.135. The molecule has 17 nitrogen and oxygen atoms in total. The fraction of sp³-hybridized carbons (Fsp3) is 0.528. The number of para-hydroxylation sites is 1. The molecule has 0 saturated carbocycles. The highest BCUT2D eigenvalue weighted by molar-refractivity contribution is 7.98. The molecule has 296 valence electrons. The maximum absolute atomic E-state index is 14.2. The van der Waals surface area contributed by atoms with Gasteiger partial charge in [0.05, 0.1) is 12.4 Å². The molecule has 0 fully saturated rings. The van der Waals surface area contributed by atoms with Crippen molar-refractivity contribution in [1.29, 1.82) is 0 Å². The molecule has 6 atom stereocenters. The number of hydrogen-bond donors (Lipinski definition) is 10. The van der Waals surface area contributed by atoms with E-state index in [9.17, 15) is 28.8 Å². The predicted molar refractivity (Wildman–Crippen MR) is 208 cm³/mol. The Kier molecular flexibility index (Phi) is 17.5. The van der Waals surface area contributed by atoms with Crippen LogP contribution in [-0.4, -0.2) is 105 Å². The van der Waals surface area contributed by atoms with Crippen LogP contribution in [0.15, 0.2) is 43.0 Å². The molecule has 0 aliphatic heterocycles. The van der Waals surface area contributed by atoms with Gasteiger partial charge in [0.2, 0.25) is 35.4 Å². The molecule has 0 aliphatic carbocycles. The van der Waals surface area contributed by atoms with Crippen LogP contribution >= 0.6 is 11.8 Å². The van der Waals surface area contributed by atoms with Gasteiger partial charge in [-0.2, -0.15) is 11.8 Å². The van der Waals surface area contributed by atoms with Crippen molar-refractivity contribution < 1.29 is 28.8 Å². The molecule has 6 amide bonds. The first-order valence-electron chi connectivity index (χ1n) is 18.0. The van der Waals surface area contributed by atoms with E-state index in [1.54, 1.807) is 31.8 Å². The number of thioether (sulfide) groups is 1. The molecular weight excluding hydrogens is 715 g/mol. The standard InChI is InChI=1S/C36H55N11O6S/c1-20(2)30(47-32(49)25(38)12-14-54-4)36(53)46-29(16-23-18-40-19-42-23)35(52)45-28(15-22-17-41-26-10-6-5-9-24(22)26)34(51)44-27(11-7-8-13-37)33(50)43-21(3)31(39)48/h5-6,9-10,17-21,25,27-30,41H,7-8,11-16,37-38H2,1-4H3,(H2,39,48)(H,40,42)(H,43,50)(H,44,51)(H,45,52)(H,46,53)(H,47,49)/t21-,25-,27-,28-,29-,30-/m0/s1. The van der Waals surface area contributed by atoms with Crippen molar-refractivity contribution in [3.8, 4) is 0 Å². The third-order valence-electron chi connectivity index (χ3n) is 8.93. The van der Waals surface area contributed by atoms with Gasteiger partial charge in [-0.05, 0) is 68.7 Å². The number of hydrogen-bond acceptors (Lipinski definition) is 10. The van der Waals surface area contributed by atoms with Gasteiger partial charge in [0, 0.05) is 41.8 Å². The second-order valence-corrected chi connectivity index (χ2v) is 14.5. The van der Waals surface area contributed by atoms with Gasteiger partial charge in [-0.15, -0.1) is 0 Å². The lowest BCUT2D eigenvalue weighted by Gasteiger charge is -2.28. The van der Waals surface area contributed by atoms with E-state index in [0.717, 1.165) is 10.9 Å². The van der Waals surface area contributed by atoms with E-state index in [0.29, 0.717) is 42.8 Å². The van der Waals surface area contributed by atoms with Gasteiger partial charge in [0.15, 0.2) is 0 Å². The number of carbonyl (C=O) groups excluding carboxylic acids is 6. The largest absolute Gasteiger partial charge is 0.368 e. The molecule has 13 N–H and O–H groups in total. The molecule has 2 aromatic heterocycles. The Morgan fingerprint density at radius 3 is 2.07 bits per heavy atom. The number of aromatic nitrogens is 3. The molecule has 3 aromatic rings. The second kappa shape index (κ2) is 21.7. The second-order valence-electron chi connectivity index (χ2n) is 13.6. The van der Waals surface area contributed by atoms with Crippen LogP contribution in [0.25, 0.3) is 10.9 Å². The van der Waals surface area contributed by atoms with Crippen LogP contribution < -0.4 is 43.8 Å². The van der Waals surface area contributed by atoms with E-state index >= 15 is 0 Å². The number of amides is 6. The minimum atomic E-state index is -1.23. The smallest absolute Gasteiger partial charge is 0.243 e. The minimum Gasteiger partial charge on any atom is -0.368 e. The SMILES string of the molecule is CSCC[C@H](N)C(=O)N[C@H](C(=O)N[C@@H](Cc1cnc[nH]1)C(=O)N[C@@H](Cc1c[nH]c2ccccc12)C(=O)N[C@@H](CCCCN)C(=O)N[C@@H](C)C(N)=O)C(C)C. The Balaban J connectivity index is 1.93. The Morgan fingerprint density at radius 2 is 1.44 bits per heavy atom. The van der Waals surface area contributed by atoms with Crippen molar-refractivity contribution in [2.24, 2.45) is 23.1 Å². The maximum atomic E-state index is 14.2. The summed E-state index contributed by atoms with van der Waals surface area (Å²) in [6.45, 7) is 5.32. The molecule has 2 heterocycles. The molecule has 3 rings (SSSR count). The average Bonchev–Trinajstić information content (AvgIpc) is 3.81. The van der Waals surface area contributed by atoms with Crippen molar-refractivity contribution >= 4 is 58.1 Å². The third-order valence-corrected chi connectivity index (χ3v) is 9.57. The molecule has 0 spiro atoms. The van der Waals surface area contributed by atoms with Gasteiger partial charge < -0.3 is 53.8 Å². The van der Waals surface area contributed by atoms with E-state index in [-0.39, 0.29) is 25.2 Å². The van der Waals surface area contributed by atoms with Crippen molar-refractivity contribution in [2.45, 2.75) is 95.5 Å². The van der Waals surface area contributed by atoms with Gasteiger partial charge in [-0.25, -0.2) is 4.98 Å². The lowest BCUT2D eigenvalue weighted by atomic mass is 10.0. The van der Waals surface area contributed by atoms with E-state index in [2.05, 4.69) is 41.5 Å². The summed E-state index contributed by atoms with van der Waals surface area (Å²) in [7, 11) is 0. The quantitative estimate of drug-likeness (QED) is 0.0551. The number of nitrogens with two attached hydrogens (primary N) is 3. The number of primary amides is 1. The fourth-order valence-electron chi connectivity index (χ4n) is 5.68. The molecule has 0 aliphatic rings. The Hall–Kier alpha value is -4.94. The summed E-state index contributed by atoms with van der Waals surface area (Å²) in [5.74, 6) is -3.55. The van der Waals surface area contributed by atoms with E-state index in [1.807, 2.05) is 30.5 Å². The molecule has 0 radical (unpaired) electrons. The number of nitrogens with one attached hydrogen (secondary N) is 7. The Morgan fingerprint density at radius 1 is 0.796 bits per heavy atom. The van der Waals surface area contributed by atoms with Gasteiger partial charge >= 0.3 is 0 Å². The first kappa shape index (κ1) is 43.5. The van der Waals surface area contributed by atoms with Crippen LogP contribution in [0.3, 0.4) is 0 Å². The number of aromatic amines is 2. The first-order valence-corrected chi connectivity index (χ1v) is 19.4. The zero-order chi connectivity index (χ0) is 39.8. The minimum absolute atomic E-state index is 0.0136. The summed E-state index contributed by atoms with van der Waals surface area (Å²) >= 11 is 1.55. The topological polar surface area (TPSA) is 285 Å². The average molecular weight is 770 g/mol. The molecule has 18 heteroatoms. The molecule has 0 bridgehead atoms. The van der Waals surface area contributed by atoms with Crippen molar-refractivity contribution in [3.63, 3.8) is 0 Å². The number of nitrogens with zero attached hydrogens (tertiary/aromatic N) is 1. The molecule has 0 unspecified atom stereocenters. The van der Waals surface area contributed by atoms with Crippen molar-refractivity contribution in [3.05, 3.63) is 54.2 Å². The summed E-state index contributed by atoms with van der Waals surface area (Å²) in [4.78, 5) is 90.1. The van der Waals surface area contributed by atoms with Crippen LogP contribution in [0, 0.1) is 5.92 Å². The van der Waals surface area contributed by atoms with E-state index < -0.39 is 71.7 Å². The number of H-pyrrole nitrogens is 2. The van der Waals surface area contributed by atoms with Gasteiger partial charge in [0.25, 0.3) is 0 Å². The van der Waals surface area contributed by atoms with Crippen LogP contribution in [0.1, 0.15) is 57.7 Å².